The first kappa shape index (κ1) is 18.8. The van der Waals surface area contributed by atoms with Crippen LogP contribution in [0.3, 0.4) is 0 Å². The second-order valence-corrected chi connectivity index (χ2v) is 9.45. The number of nitrogens with zero attached hydrogens (tertiary/aromatic N) is 4. The zero-order valence-electron chi connectivity index (χ0n) is 13.8. The first-order valence-corrected chi connectivity index (χ1v) is 10.3. The number of thiophene rings is 1. The Balaban J connectivity index is 1.54. The van der Waals surface area contributed by atoms with Crippen molar-refractivity contribution in [3.8, 4) is 0 Å². The number of hydrogen-bond donors (Lipinski definition) is 1. The van der Waals surface area contributed by atoms with Gasteiger partial charge in [-0.3, -0.25) is 9.20 Å². The highest BCUT2D eigenvalue weighted by molar-refractivity contribution is 7.91. The third kappa shape index (κ3) is 4.04. The van der Waals surface area contributed by atoms with Crippen molar-refractivity contribution in [2.24, 2.45) is 0 Å². The van der Waals surface area contributed by atoms with Crippen molar-refractivity contribution in [2.45, 2.75) is 10.6 Å². The molecule has 0 aliphatic heterocycles. The van der Waals surface area contributed by atoms with Crippen molar-refractivity contribution >= 4 is 44.5 Å². The van der Waals surface area contributed by atoms with Crippen LogP contribution in [-0.2, 0) is 21.2 Å². The summed E-state index contributed by atoms with van der Waals surface area (Å²) in [6.07, 6.45) is 2.33. The summed E-state index contributed by atoms with van der Waals surface area (Å²) in [7, 11) is -2.37. The first-order valence-electron chi connectivity index (χ1n) is 7.65. The molecule has 0 aromatic carbocycles. The van der Waals surface area contributed by atoms with Gasteiger partial charge in [0.05, 0.1) is 10.9 Å². The van der Waals surface area contributed by atoms with Crippen LogP contribution in [0.5, 0.6) is 0 Å². The highest BCUT2D eigenvalue weighted by atomic mass is 35.5. The van der Waals surface area contributed by atoms with Crippen molar-refractivity contribution in [1.82, 2.24) is 24.2 Å². The molecule has 0 unspecified atom stereocenters. The van der Waals surface area contributed by atoms with Crippen molar-refractivity contribution in [2.75, 3.05) is 20.1 Å². The molecule has 3 aromatic heterocycles. The van der Waals surface area contributed by atoms with Gasteiger partial charge in [-0.1, -0.05) is 17.7 Å². The summed E-state index contributed by atoms with van der Waals surface area (Å²) in [6, 6.07) is 8.51. The molecule has 0 aliphatic carbocycles. The maximum Gasteiger partial charge on any atom is 0.252 e. The van der Waals surface area contributed by atoms with Crippen LogP contribution in [-0.4, -0.2) is 53.4 Å². The van der Waals surface area contributed by atoms with Gasteiger partial charge in [0.25, 0.3) is 10.0 Å². The molecule has 26 heavy (non-hydrogen) atoms. The van der Waals surface area contributed by atoms with E-state index in [4.69, 9.17) is 11.6 Å². The quantitative estimate of drug-likeness (QED) is 0.631. The van der Waals surface area contributed by atoms with Crippen molar-refractivity contribution in [3.05, 3.63) is 46.7 Å². The van der Waals surface area contributed by atoms with E-state index in [1.807, 2.05) is 28.8 Å². The second-order valence-electron chi connectivity index (χ2n) is 5.46. The predicted molar refractivity (Wildman–Crippen MR) is 98.8 cm³/mol. The zero-order chi connectivity index (χ0) is 18.7. The molecule has 8 nitrogen and oxygen atoms in total. The third-order valence-corrected chi connectivity index (χ3v) is 7.14. The van der Waals surface area contributed by atoms with Crippen molar-refractivity contribution < 1.29 is 13.2 Å². The lowest BCUT2D eigenvalue weighted by Gasteiger charge is -2.15. The second kappa shape index (κ2) is 7.70. The van der Waals surface area contributed by atoms with E-state index in [9.17, 15) is 13.2 Å². The Hall–Kier alpha value is -2.01. The van der Waals surface area contributed by atoms with E-state index in [0.717, 1.165) is 27.1 Å². The minimum atomic E-state index is -3.73. The number of fused-ring (bicyclic) bond motifs is 1. The number of carbonyl (C=O) groups excluding carboxylic acids is 1. The largest absolute Gasteiger partial charge is 0.355 e. The van der Waals surface area contributed by atoms with E-state index in [-0.39, 0.29) is 10.8 Å². The van der Waals surface area contributed by atoms with Crippen LogP contribution in [0.15, 0.2) is 40.7 Å². The summed E-state index contributed by atoms with van der Waals surface area (Å²) in [6.45, 7) is 0.0473. The number of amides is 1. The molecule has 3 heterocycles. The molecule has 0 aliphatic rings. The van der Waals surface area contributed by atoms with E-state index in [0.29, 0.717) is 17.3 Å². The van der Waals surface area contributed by atoms with Crippen LogP contribution in [0, 0.1) is 0 Å². The maximum absolute atomic E-state index is 12.4. The number of pyridine rings is 1. The molecule has 3 rings (SSSR count). The normalized spacial score (nSPS) is 12.0. The number of hydrogen-bond acceptors (Lipinski definition) is 6. The summed E-state index contributed by atoms with van der Waals surface area (Å²) >= 11 is 6.73. The summed E-state index contributed by atoms with van der Waals surface area (Å²) in [5.74, 6) is 0.322. The lowest BCUT2D eigenvalue weighted by Crippen LogP contribution is -2.38. The molecule has 1 N–H and O–H groups in total. The Morgan fingerprint density at radius 2 is 2.12 bits per heavy atom. The molecule has 3 aromatic rings. The smallest absolute Gasteiger partial charge is 0.252 e. The van der Waals surface area contributed by atoms with E-state index < -0.39 is 15.9 Å². The average molecular weight is 414 g/mol. The Morgan fingerprint density at radius 3 is 2.85 bits per heavy atom. The predicted octanol–water partition coefficient (Wildman–Crippen LogP) is 1.42. The Labute approximate surface area is 159 Å². The number of aromatic nitrogens is 3. The molecule has 0 saturated heterocycles. The van der Waals surface area contributed by atoms with Crippen LogP contribution >= 0.6 is 22.9 Å². The molecule has 0 bridgehead atoms. The van der Waals surface area contributed by atoms with Gasteiger partial charge < -0.3 is 5.32 Å². The van der Waals surface area contributed by atoms with Gasteiger partial charge in [0.1, 0.15) is 10.0 Å². The van der Waals surface area contributed by atoms with Gasteiger partial charge in [0, 0.05) is 26.2 Å². The topological polar surface area (TPSA) is 96.7 Å². The molecular formula is C15H16ClN5O3S2. The molecule has 0 saturated carbocycles. The fraction of sp³-hybridized carbons (Fsp3) is 0.267. The number of rotatable bonds is 7. The molecular weight excluding hydrogens is 398 g/mol. The maximum atomic E-state index is 12.4. The van der Waals surface area contributed by atoms with E-state index in [2.05, 4.69) is 15.5 Å². The summed E-state index contributed by atoms with van der Waals surface area (Å²) in [5, 5.41) is 10.8. The summed E-state index contributed by atoms with van der Waals surface area (Å²) < 4.78 is 28.0. The van der Waals surface area contributed by atoms with Gasteiger partial charge in [-0.2, -0.15) is 4.31 Å². The van der Waals surface area contributed by atoms with E-state index >= 15 is 0 Å². The highest BCUT2D eigenvalue weighted by Gasteiger charge is 2.24. The van der Waals surface area contributed by atoms with Gasteiger partial charge in [-0.25, -0.2) is 8.42 Å². The molecule has 11 heteroatoms. The minimum Gasteiger partial charge on any atom is -0.355 e. The van der Waals surface area contributed by atoms with Crippen LogP contribution < -0.4 is 5.32 Å². The van der Waals surface area contributed by atoms with Crippen molar-refractivity contribution in [1.29, 1.82) is 0 Å². The van der Waals surface area contributed by atoms with Crippen LogP contribution in [0.25, 0.3) is 5.65 Å². The number of halogens is 1. The van der Waals surface area contributed by atoms with Gasteiger partial charge in [-0.15, -0.1) is 21.5 Å². The van der Waals surface area contributed by atoms with E-state index in [1.165, 1.54) is 19.2 Å². The zero-order valence-corrected chi connectivity index (χ0v) is 16.2. The molecule has 0 radical (unpaired) electrons. The molecule has 1 amide bonds. The van der Waals surface area contributed by atoms with Gasteiger partial charge in [0.2, 0.25) is 5.91 Å². The van der Waals surface area contributed by atoms with Crippen LogP contribution in [0.2, 0.25) is 4.34 Å². The Morgan fingerprint density at radius 1 is 1.31 bits per heavy atom. The molecule has 0 spiro atoms. The average Bonchev–Trinajstić information content (AvgIpc) is 3.22. The molecule has 0 atom stereocenters. The summed E-state index contributed by atoms with van der Waals surface area (Å²) in [4.78, 5) is 12.0. The van der Waals surface area contributed by atoms with Crippen LogP contribution in [0.1, 0.15) is 5.82 Å². The fourth-order valence-electron chi connectivity index (χ4n) is 2.31. The molecule has 138 valence electrons. The highest BCUT2D eigenvalue weighted by Crippen LogP contribution is 2.27. The molecule has 0 fully saturated rings. The fourth-order valence-corrected chi connectivity index (χ4v) is 5.13. The standard InChI is InChI=1S/C15H16ClN5O3S2/c1-20(26(23,24)15-6-5-11(16)25-15)10-14(22)17-8-7-13-19-18-12-4-2-3-9-21(12)13/h2-6,9H,7-8,10H2,1H3,(H,17,22). The lowest BCUT2D eigenvalue weighted by atomic mass is 10.4. The number of sulfonamides is 1. The van der Waals surface area contributed by atoms with Gasteiger partial charge in [0.15, 0.2) is 5.65 Å². The number of likely N-dealkylation sites (N-methyl/N-ethyl adjacent to an activating group) is 1. The van der Waals surface area contributed by atoms with Crippen molar-refractivity contribution in [3.63, 3.8) is 0 Å². The first-order chi connectivity index (χ1) is 12.4. The SMILES string of the molecule is CN(CC(=O)NCCc1nnc2ccccn12)S(=O)(=O)c1ccc(Cl)s1. The Kier molecular flexibility index (Phi) is 5.56. The third-order valence-electron chi connectivity index (χ3n) is 3.63. The number of nitrogens with one attached hydrogen (secondary N) is 1. The number of carbonyl (C=O) groups is 1. The lowest BCUT2D eigenvalue weighted by molar-refractivity contribution is -0.121. The summed E-state index contributed by atoms with van der Waals surface area (Å²) in [5.41, 5.74) is 0.731. The van der Waals surface area contributed by atoms with Gasteiger partial charge in [-0.05, 0) is 24.3 Å². The minimum absolute atomic E-state index is 0.104. The van der Waals surface area contributed by atoms with E-state index in [1.54, 1.807) is 0 Å². The Bertz CT molecular complexity index is 1030. The van der Waals surface area contributed by atoms with Crippen LogP contribution in [0.4, 0.5) is 0 Å². The van der Waals surface area contributed by atoms with Gasteiger partial charge >= 0.3 is 0 Å². The monoisotopic (exact) mass is 413 g/mol.